The number of ether oxygens (including phenoxy) is 1. The molecule has 0 fully saturated rings. The monoisotopic (exact) mass is 530 g/mol. The van der Waals surface area contributed by atoms with E-state index in [1.807, 2.05) is 0 Å². The van der Waals surface area contributed by atoms with Crippen LogP contribution in [0.15, 0.2) is 54.9 Å². The van der Waals surface area contributed by atoms with Gasteiger partial charge in [0.05, 0.1) is 18.2 Å². The number of carbonyl (C=O) groups is 2. The van der Waals surface area contributed by atoms with Crippen molar-refractivity contribution in [2.45, 2.75) is 24.5 Å². The van der Waals surface area contributed by atoms with Crippen LogP contribution in [0.25, 0.3) is 0 Å². The van der Waals surface area contributed by atoms with Gasteiger partial charge in [0.15, 0.2) is 0 Å². The number of anilines is 1. The molecule has 2 aromatic carbocycles. The first-order valence-electron chi connectivity index (χ1n) is 10.5. The first-order chi connectivity index (χ1) is 17.2. The fourth-order valence-corrected chi connectivity index (χ4v) is 4.25. The van der Waals surface area contributed by atoms with Crippen molar-refractivity contribution in [1.29, 1.82) is 0 Å². The molecular weight excluding hydrogens is 513 g/mol. The van der Waals surface area contributed by atoms with E-state index in [4.69, 9.17) is 0 Å². The second-order valence-electron chi connectivity index (χ2n) is 8.22. The van der Waals surface area contributed by atoms with Gasteiger partial charge in [-0.3, -0.25) is 14.3 Å². The molecule has 0 bridgehead atoms. The number of alkyl halides is 6. The van der Waals surface area contributed by atoms with E-state index >= 15 is 0 Å². The largest absolute Gasteiger partial charge is 0.573 e. The Morgan fingerprint density at radius 1 is 1.11 bits per heavy atom. The number of fused-ring (bicyclic) bond motifs is 1. The fourth-order valence-electron chi connectivity index (χ4n) is 4.25. The number of amides is 2. The van der Waals surface area contributed by atoms with Gasteiger partial charge in [-0.25, -0.2) is 4.39 Å². The van der Waals surface area contributed by atoms with Crippen molar-refractivity contribution >= 4 is 17.5 Å². The van der Waals surface area contributed by atoms with E-state index in [9.17, 15) is 40.3 Å². The number of halogens is 7. The molecular formula is C23H17F7N4O3. The van der Waals surface area contributed by atoms with Crippen LogP contribution < -0.4 is 10.1 Å². The summed E-state index contributed by atoms with van der Waals surface area (Å²) in [5.74, 6) is -5.55. The van der Waals surface area contributed by atoms with Crippen LogP contribution >= 0.6 is 0 Å². The summed E-state index contributed by atoms with van der Waals surface area (Å²) in [6, 6.07) is 5.92. The Morgan fingerprint density at radius 3 is 2.43 bits per heavy atom. The predicted molar refractivity (Wildman–Crippen MR) is 114 cm³/mol. The highest BCUT2D eigenvalue weighted by atomic mass is 19.4. The molecule has 1 aliphatic heterocycles. The minimum Gasteiger partial charge on any atom is -0.406 e. The maximum atomic E-state index is 14.0. The van der Waals surface area contributed by atoms with Crippen molar-refractivity contribution in [3.8, 4) is 5.75 Å². The summed E-state index contributed by atoms with van der Waals surface area (Å²) in [4.78, 5) is 27.1. The molecule has 0 spiro atoms. The number of nitrogens with one attached hydrogen (secondary N) is 1. The fraction of sp³-hybridized carbons (Fsp3) is 0.261. The number of carbonyl (C=O) groups excluding carboxylic acids is 2. The van der Waals surface area contributed by atoms with Gasteiger partial charge in [-0.05, 0) is 17.7 Å². The normalized spacial score (nSPS) is 17.9. The van der Waals surface area contributed by atoms with Crippen LogP contribution in [0, 0.1) is 5.82 Å². The van der Waals surface area contributed by atoms with Gasteiger partial charge in [-0.1, -0.05) is 18.2 Å². The molecule has 0 saturated carbocycles. The average molecular weight is 530 g/mol. The highest BCUT2D eigenvalue weighted by Crippen LogP contribution is 2.44. The van der Waals surface area contributed by atoms with Crippen molar-refractivity contribution in [1.82, 2.24) is 14.7 Å². The van der Waals surface area contributed by atoms with Gasteiger partial charge in [0.2, 0.25) is 5.91 Å². The maximum absolute atomic E-state index is 14.0. The van der Waals surface area contributed by atoms with Crippen LogP contribution in [0.2, 0.25) is 0 Å². The van der Waals surface area contributed by atoms with Crippen LogP contribution in [0.4, 0.5) is 36.4 Å². The summed E-state index contributed by atoms with van der Waals surface area (Å²) in [6.45, 7) is -1.69. The molecule has 0 saturated heterocycles. The minimum absolute atomic E-state index is 0.0837. The zero-order chi connectivity index (χ0) is 27.1. The summed E-state index contributed by atoms with van der Waals surface area (Å²) >= 11 is 0. The molecule has 3 aromatic rings. The van der Waals surface area contributed by atoms with E-state index in [1.54, 1.807) is 0 Å². The van der Waals surface area contributed by atoms with Gasteiger partial charge in [-0.15, -0.1) is 13.2 Å². The Morgan fingerprint density at radius 2 is 1.81 bits per heavy atom. The summed E-state index contributed by atoms with van der Waals surface area (Å²) in [6.07, 6.45) is -7.42. The van der Waals surface area contributed by atoms with Gasteiger partial charge >= 0.3 is 12.5 Å². The Labute approximate surface area is 204 Å². The molecule has 2 heterocycles. The smallest absolute Gasteiger partial charge is 0.406 e. The lowest BCUT2D eigenvalue weighted by Gasteiger charge is -2.41. The van der Waals surface area contributed by atoms with Crippen molar-refractivity contribution in [3.63, 3.8) is 0 Å². The number of aryl methyl sites for hydroxylation is 1. The minimum atomic E-state index is -5.14. The van der Waals surface area contributed by atoms with Crippen molar-refractivity contribution in [2.24, 2.45) is 7.05 Å². The van der Waals surface area contributed by atoms with Gasteiger partial charge in [-0.2, -0.15) is 18.3 Å². The predicted octanol–water partition coefficient (Wildman–Crippen LogP) is 4.94. The molecule has 37 heavy (non-hydrogen) atoms. The van der Waals surface area contributed by atoms with E-state index in [2.05, 4.69) is 15.2 Å². The quantitative estimate of drug-likeness (QED) is 0.475. The number of nitrogens with zero attached hydrogens (tertiary/aromatic N) is 3. The highest BCUT2D eigenvalue weighted by Gasteiger charge is 2.48. The first-order valence-corrected chi connectivity index (χ1v) is 10.5. The molecule has 14 heteroatoms. The zero-order valence-corrected chi connectivity index (χ0v) is 18.8. The van der Waals surface area contributed by atoms with E-state index < -0.39 is 60.1 Å². The van der Waals surface area contributed by atoms with Crippen molar-refractivity contribution in [2.75, 3.05) is 11.9 Å². The van der Waals surface area contributed by atoms with Gasteiger partial charge < -0.3 is 15.0 Å². The Kier molecular flexibility index (Phi) is 6.60. The Balaban J connectivity index is 1.80. The molecule has 2 unspecified atom stereocenters. The third-order valence-corrected chi connectivity index (χ3v) is 5.51. The SMILES string of the molecule is Cn1cc(C2C(C(=O)Nc3cc(F)cc(OC(F)(F)F)c3)c3ccccc3C(=O)N2CC(F)(F)F)cn1. The van der Waals surface area contributed by atoms with Crippen LogP contribution in [0.3, 0.4) is 0 Å². The number of aromatic nitrogens is 2. The Hall–Kier alpha value is -4.10. The maximum Gasteiger partial charge on any atom is 0.573 e. The number of hydrogen-bond donors (Lipinski definition) is 1. The second kappa shape index (κ2) is 9.41. The number of rotatable bonds is 5. The third-order valence-electron chi connectivity index (χ3n) is 5.51. The van der Waals surface area contributed by atoms with Crippen molar-refractivity contribution < 1.29 is 45.1 Å². The van der Waals surface area contributed by atoms with E-state index in [0.717, 1.165) is 0 Å². The highest BCUT2D eigenvalue weighted by molar-refractivity contribution is 6.04. The number of hydrogen-bond acceptors (Lipinski definition) is 4. The third kappa shape index (κ3) is 5.84. The summed E-state index contributed by atoms with van der Waals surface area (Å²) < 4.78 is 97.4. The Bertz CT molecular complexity index is 1340. The molecule has 1 N–H and O–H groups in total. The van der Waals surface area contributed by atoms with E-state index in [-0.39, 0.29) is 16.7 Å². The molecule has 1 aromatic heterocycles. The van der Waals surface area contributed by atoms with Crippen LogP contribution in [0.5, 0.6) is 5.75 Å². The lowest BCUT2D eigenvalue weighted by molar-refractivity contribution is -0.274. The zero-order valence-electron chi connectivity index (χ0n) is 18.8. The average Bonchev–Trinajstić information content (AvgIpc) is 3.18. The first kappa shape index (κ1) is 26.0. The summed E-state index contributed by atoms with van der Waals surface area (Å²) in [5.41, 5.74) is -0.408. The standard InChI is InChI=1S/C23H17F7N4O3/c1-33-10-12(9-31-33)19-18(16-4-2-3-5-17(16)21(36)34(19)11-22(25,26)27)20(35)32-14-6-13(24)7-15(8-14)37-23(28,29)30/h2-10,18-19H,11H2,1H3,(H,32,35). The van der Waals surface area contributed by atoms with Gasteiger partial charge in [0, 0.05) is 42.2 Å². The van der Waals surface area contributed by atoms with E-state index in [0.29, 0.717) is 23.1 Å². The molecule has 0 radical (unpaired) electrons. The molecule has 0 aliphatic carbocycles. The second-order valence-corrected chi connectivity index (χ2v) is 8.22. The van der Waals surface area contributed by atoms with Crippen LogP contribution in [-0.4, -0.2) is 45.6 Å². The molecule has 1 aliphatic rings. The van der Waals surface area contributed by atoms with Gasteiger partial charge in [0.25, 0.3) is 5.91 Å². The molecule has 2 amide bonds. The van der Waals surface area contributed by atoms with Crippen LogP contribution in [0.1, 0.15) is 33.4 Å². The molecule has 2 atom stereocenters. The number of benzene rings is 2. The summed E-state index contributed by atoms with van der Waals surface area (Å²) in [7, 11) is 1.49. The molecule has 196 valence electrons. The van der Waals surface area contributed by atoms with Crippen LogP contribution in [-0.2, 0) is 11.8 Å². The van der Waals surface area contributed by atoms with Crippen molar-refractivity contribution in [3.05, 3.63) is 77.4 Å². The van der Waals surface area contributed by atoms with E-state index in [1.165, 1.54) is 48.4 Å². The molecule has 7 nitrogen and oxygen atoms in total. The summed E-state index contributed by atoms with van der Waals surface area (Å²) in [5, 5.41) is 6.18. The van der Waals surface area contributed by atoms with Gasteiger partial charge in [0.1, 0.15) is 18.1 Å². The topological polar surface area (TPSA) is 76.5 Å². The lowest BCUT2D eigenvalue weighted by atomic mass is 9.79. The molecule has 4 rings (SSSR count). The lowest BCUT2D eigenvalue weighted by Crippen LogP contribution is -2.49.